The molecule has 1 N–H and O–H groups in total. The molecule has 7 heteroatoms. The van der Waals surface area contributed by atoms with Gasteiger partial charge in [0.15, 0.2) is 11.5 Å². The second-order valence-corrected chi connectivity index (χ2v) is 8.18. The third-order valence-corrected chi connectivity index (χ3v) is 5.55. The molecule has 1 amide bonds. The summed E-state index contributed by atoms with van der Waals surface area (Å²) in [5.41, 5.74) is 0.949. The van der Waals surface area contributed by atoms with Gasteiger partial charge in [-0.15, -0.1) is 11.3 Å². The molecule has 134 valence electrons. The minimum atomic E-state index is -0.0895. The van der Waals surface area contributed by atoms with Gasteiger partial charge in [-0.3, -0.25) is 4.79 Å². The predicted molar refractivity (Wildman–Crippen MR) is 101 cm³/mol. The largest absolute Gasteiger partial charge is 0.493 e. The third-order valence-electron chi connectivity index (χ3n) is 3.93. The molecule has 2 aromatic rings. The van der Waals surface area contributed by atoms with E-state index in [9.17, 15) is 4.79 Å². The van der Waals surface area contributed by atoms with E-state index in [-0.39, 0.29) is 12.0 Å². The Morgan fingerprint density at radius 3 is 2.92 bits per heavy atom. The number of ether oxygens (including phenoxy) is 3. The zero-order chi connectivity index (χ0) is 17.6. The van der Waals surface area contributed by atoms with Crippen LogP contribution in [0.25, 0.3) is 0 Å². The van der Waals surface area contributed by atoms with E-state index in [1.54, 1.807) is 13.2 Å². The molecular weight excluding hydrogens is 406 g/mol. The van der Waals surface area contributed by atoms with E-state index in [2.05, 4.69) is 21.2 Å². The second kappa shape index (κ2) is 8.69. The zero-order valence-corrected chi connectivity index (χ0v) is 16.3. The molecule has 5 nitrogen and oxygen atoms in total. The maximum atomic E-state index is 12.1. The number of nitrogens with one attached hydrogen (secondary N) is 1. The molecule has 0 spiro atoms. The first-order chi connectivity index (χ1) is 12.2. The van der Waals surface area contributed by atoms with Crippen molar-refractivity contribution in [2.24, 2.45) is 0 Å². The molecule has 1 aliphatic rings. The summed E-state index contributed by atoms with van der Waals surface area (Å²) < 4.78 is 17.7. The fraction of sp³-hybridized carbons (Fsp3) is 0.389. The van der Waals surface area contributed by atoms with Gasteiger partial charge in [0.2, 0.25) is 0 Å². The molecule has 1 aromatic heterocycles. The van der Waals surface area contributed by atoms with Crippen LogP contribution in [-0.4, -0.2) is 32.3 Å². The number of carbonyl (C=O) groups is 1. The van der Waals surface area contributed by atoms with Crippen LogP contribution in [0.4, 0.5) is 0 Å². The van der Waals surface area contributed by atoms with Crippen molar-refractivity contribution in [2.45, 2.75) is 25.5 Å². The first kappa shape index (κ1) is 18.2. The van der Waals surface area contributed by atoms with E-state index >= 15 is 0 Å². The van der Waals surface area contributed by atoms with Crippen LogP contribution in [0.3, 0.4) is 0 Å². The fourth-order valence-electron chi connectivity index (χ4n) is 2.61. The third kappa shape index (κ3) is 4.96. The molecule has 1 fully saturated rings. The predicted octanol–water partition coefficient (Wildman–Crippen LogP) is 4.01. The highest BCUT2D eigenvalue weighted by Gasteiger charge is 2.17. The van der Waals surface area contributed by atoms with E-state index < -0.39 is 0 Å². The fourth-order valence-corrected chi connectivity index (χ4v) is 3.91. The Labute approximate surface area is 159 Å². The van der Waals surface area contributed by atoms with Crippen molar-refractivity contribution < 1.29 is 19.0 Å². The van der Waals surface area contributed by atoms with Gasteiger partial charge in [0.05, 0.1) is 21.9 Å². The number of hydrogen-bond donors (Lipinski definition) is 1. The average molecular weight is 426 g/mol. The van der Waals surface area contributed by atoms with E-state index in [1.807, 2.05) is 24.3 Å². The molecule has 1 atom stereocenters. The molecule has 0 bridgehead atoms. The smallest absolute Gasteiger partial charge is 0.261 e. The van der Waals surface area contributed by atoms with E-state index in [4.69, 9.17) is 14.2 Å². The van der Waals surface area contributed by atoms with Crippen LogP contribution in [0.15, 0.2) is 34.1 Å². The highest BCUT2D eigenvalue weighted by molar-refractivity contribution is 9.11. The number of halogens is 1. The van der Waals surface area contributed by atoms with Crippen molar-refractivity contribution in [3.63, 3.8) is 0 Å². The Morgan fingerprint density at radius 2 is 2.24 bits per heavy atom. The van der Waals surface area contributed by atoms with Crippen LogP contribution in [0, 0.1) is 0 Å². The molecule has 0 saturated carbocycles. The van der Waals surface area contributed by atoms with E-state index in [0.717, 1.165) is 28.8 Å². The molecule has 2 heterocycles. The van der Waals surface area contributed by atoms with Crippen molar-refractivity contribution in [2.75, 3.05) is 20.3 Å². The second-order valence-electron chi connectivity index (χ2n) is 5.72. The van der Waals surface area contributed by atoms with Crippen LogP contribution in [0.1, 0.15) is 28.1 Å². The Morgan fingerprint density at radius 1 is 1.36 bits per heavy atom. The highest BCUT2D eigenvalue weighted by Crippen LogP contribution is 2.29. The van der Waals surface area contributed by atoms with Crippen LogP contribution in [0.5, 0.6) is 11.5 Å². The summed E-state index contributed by atoms with van der Waals surface area (Å²) in [5, 5.41) is 2.91. The number of thiophene rings is 1. The summed E-state index contributed by atoms with van der Waals surface area (Å²) >= 11 is 4.77. The molecule has 25 heavy (non-hydrogen) atoms. The lowest BCUT2D eigenvalue weighted by molar-refractivity contribution is 0.0669. The lowest BCUT2D eigenvalue weighted by Gasteiger charge is -2.15. The summed E-state index contributed by atoms with van der Waals surface area (Å²) in [7, 11) is 1.61. The number of benzene rings is 1. The SMILES string of the molecule is COc1cc(CNC(=O)c2ccc(Br)s2)ccc1OCC1CCCO1. The summed E-state index contributed by atoms with van der Waals surface area (Å²) in [5.74, 6) is 1.26. The molecule has 0 radical (unpaired) electrons. The van der Waals surface area contributed by atoms with Gasteiger partial charge in [-0.05, 0) is 58.6 Å². The summed E-state index contributed by atoms with van der Waals surface area (Å²) in [6, 6.07) is 9.35. The van der Waals surface area contributed by atoms with Gasteiger partial charge >= 0.3 is 0 Å². The zero-order valence-electron chi connectivity index (χ0n) is 13.9. The number of hydrogen-bond acceptors (Lipinski definition) is 5. The molecule has 1 unspecified atom stereocenters. The molecular formula is C18H20BrNO4S. The van der Waals surface area contributed by atoms with Gasteiger partial charge in [-0.2, -0.15) is 0 Å². The topological polar surface area (TPSA) is 56.8 Å². The van der Waals surface area contributed by atoms with Gasteiger partial charge in [-0.25, -0.2) is 0 Å². The normalized spacial score (nSPS) is 16.6. The molecule has 1 aromatic carbocycles. The lowest BCUT2D eigenvalue weighted by atomic mass is 10.2. The quantitative estimate of drug-likeness (QED) is 0.727. The maximum absolute atomic E-state index is 12.1. The lowest BCUT2D eigenvalue weighted by Crippen LogP contribution is -2.21. The minimum absolute atomic E-state index is 0.0895. The average Bonchev–Trinajstić information content (AvgIpc) is 3.29. The van der Waals surface area contributed by atoms with Crippen molar-refractivity contribution in [3.05, 3.63) is 44.6 Å². The first-order valence-electron chi connectivity index (χ1n) is 8.10. The van der Waals surface area contributed by atoms with Crippen molar-refractivity contribution in [1.82, 2.24) is 5.32 Å². The Kier molecular flexibility index (Phi) is 6.34. The summed E-state index contributed by atoms with van der Waals surface area (Å²) in [6.45, 7) is 1.76. The van der Waals surface area contributed by atoms with Crippen LogP contribution >= 0.6 is 27.3 Å². The Balaban J connectivity index is 1.57. The number of carbonyl (C=O) groups excluding carboxylic acids is 1. The van der Waals surface area contributed by atoms with Gasteiger partial charge < -0.3 is 19.5 Å². The Bertz CT molecular complexity index is 728. The minimum Gasteiger partial charge on any atom is -0.493 e. The monoisotopic (exact) mass is 425 g/mol. The van der Waals surface area contributed by atoms with Crippen LogP contribution < -0.4 is 14.8 Å². The van der Waals surface area contributed by atoms with Gasteiger partial charge in [-0.1, -0.05) is 6.07 Å². The van der Waals surface area contributed by atoms with Gasteiger partial charge in [0.1, 0.15) is 6.61 Å². The van der Waals surface area contributed by atoms with E-state index in [1.165, 1.54) is 11.3 Å². The molecule has 1 saturated heterocycles. The van der Waals surface area contributed by atoms with Gasteiger partial charge in [0, 0.05) is 13.2 Å². The number of methoxy groups -OCH3 is 1. The first-order valence-corrected chi connectivity index (χ1v) is 9.71. The summed E-state index contributed by atoms with van der Waals surface area (Å²) in [6.07, 6.45) is 2.28. The van der Waals surface area contributed by atoms with E-state index in [0.29, 0.717) is 29.5 Å². The summed E-state index contributed by atoms with van der Waals surface area (Å²) in [4.78, 5) is 12.8. The molecule has 1 aliphatic heterocycles. The number of rotatable bonds is 7. The number of amides is 1. The molecule has 0 aliphatic carbocycles. The van der Waals surface area contributed by atoms with Crippen molar-refractivity contribution in [1.29, 1.82) is 0 Å². The van der Waals surface area contributed by atoms with Gasteiger partial charge in [0.25, 0.3) is 5.91 Å². The Hall–Kier alpha value is -1.57. The van der Waals surface area contributed by atoms with Crippen molar-refractivity contribution >= 4 is 33.2 Å². The molecule has 3 rings (SSSR count). The van der Waals surface area contributed by atoms with Crippen molar-refractivity contribution in [3.8, 4) is 11.5 Å². The van der Waals surface area contributed by atoms with Crippen LogP contribution in [-0.2, 0) is 11.3 Å². The maximum Gasteiger partial charge on any atom is 0.261 e. The van der Waals surface area contributed by atoms with Crippen LogP contribution in [0.2, 0.25) is 0 Å². The highest BCUT2D eigenvalue weighted by atomic mass is 79.9. The standard InChI is InChI=1S/C18H20BrNO4S/c1-22-15-9-12(10-20-18(21)16-6-7-17(19)25-16)4-5-14(15)24-11-13-3-2-8-23-13/h4-7,9,13H,2-3,8,10-11H2,1H3,(H,20,21).